The molecular weight excluding hydrogens is 316 g/mol. The van der Waals surface area contributed by atoms with Crippen LogP contribution in [0.15, 0.2) is 48.5 Å². The molecule has 0 fully saturated rings. The second kappa shape index (κ2) is 8.53. The highest BCUT2D eigenvalue weighted by atomic mass is 35.5. The molecule has 0 heterocycles. The SMILES string of the molecule is COCc1cccc(NC(=O)NCC(O)c2ccccc2Cl)c1. The van der Waals surface area contributed by atoms with Crippen molar-refractivity contribution in [2.45, 2.75) is 12.7 Å². The van der Waals surface area contributed by atoms with Crippen LogP contribution in [-0.2, 0) is 11.3 Å². The van der Waals surface area contributed by atoms with Crippen molar-refractivity contribution in [1.29, 1.82) is 0 Å². The third-order valence-corrected chi connectivity index (χ3v) is 3.56. The van der Waals surface area contributed by atoms with Crippen LogP contribution in [0, 0.1) is 0 Å². The highest BCUT2D eigenvalue weighted by Gasteiger charge is 2.12. The maximum absolute atomic E-state index is 11.9. The van der Waals surface area contributed by atoms with Crippen LogP contribution in [-0.4, -0.2) is 24.8 Å². The molecule has 0 aliphatic rings. The molecule has 2 aromatic rings. The van der Waals surface area contributed by atoms with E-state index in [9.17, 15) is 9.90 Å². The Hall–Kier alpha value is -2.08. The van der Waals surface area contributed by atoms with Gasteiger partial charge >= 0.3 is 6.03 Å². The highest BCUT2D eigenvalue weighted by molar-refractivity contribution is 6.31. The van der Waals surface area contributed by atoms with E-state index in [1.165, 1.54) is 0 Å². The van der Waals surface area contributed by atoms with E-state index >= 15 is 0 Å². The van der Waals surface area contributed by atoms with E-state index in [-0.39, 0.29) is 6.54 Å². The van der Waals surface area contributed by atoms with Gasteiger partial charge in [-0.1, -0.05) is 41.9 Å². The van der Waals surface area contributed by atoms with Crippen molar-refractivity contribution < 1.29 is 14.6 Å². The minimum Gasteiger partial charge on any atom is -0.387 e. The third-order valence-electron chi connectivity index (χ3n) is 3.22. The van der Waals surface area contributed by atoms with Gasteiger partial charge < -0.3 is 20.5 Å². The molecule has 2 aromatic carbocycles. The number of benzene rings is 2. The first kappa shape index (κ1) is 17.3. The Bertz CT molecular complexity index is 664. The first-order valence-corrected chi connectivity index (χ1v) is 7.53. The second-order valence-corrected chi connectivity index (χ2v) is 5.41. The van der Waals surface area contributed by atoms with E-state index in [1.807, 2.05) is 18.2 Å². The van der Waals surface area contributed by atoms with Crippen molar-refractivity contribution in [3.63, 3.8) is 0 Å². The maximum atomic E-state index is 11.9. The van der Waals surface area contributed by atoms with Gasteiger partial charge in [-0.2, -0.15) is 0 Å². The number of anilines is 1. The summed E-state index contributed by atoms with van der Waals surface area (Å²) in [5.41, 5.74) is 2.20. The number of urea groups is 1. The van der Waals surface area contributed by atoms with E-state index < -0.39 is 12.1 Å². The predicted octanol–water partition coefficient (Wildman–Crippen LogP) is 3.34. The molecule has 0 aliphatic heterocycles. The molecule has 5 nitrogen and oxygen atoms in total. The largest absolute Gasteiger partial charge is 0.387 e. The van der Waals surface area contributed by atoms with Crippen molar-refractivity contribution in [2.75, 3.05) is 19.0 Å². The molecule has 0 radical (unpaired) electrons. The Morgan fingerprint density at radius 3 is 2.78 bits per heavy atom. The monoisotopic (exact) mass is 334 g/mol. The molecule has 122 valence electrons. The van der Waals surface area contributed by atoms with Gasteiger partial charge in [0.2, 0.25) is 0 Å². The maximum Gasteiger partial charge on any atom is 0.319 e. The van der Waals surface area contributed by atoms with Gasteiger partial charge in [-0.15, -0.1) is 0 Å². The van der Waals surface area contributed by atoms with Gasteiger partial charge in [0.1, 0.15) is 0 Å². The Morgan fingerprint density at radius 2 is 2.04 bits per heavy atom. The fraction of sp³-hybridized carbons (Fsp3) is 0.235. The van der Waals surface area contributed by atoms with Crippen molar-refractivity contribution in [3.05, 3.63) is 64.7 Å². The topological polar surface area (TPSA) is 70.6 Å². The molecule has 0 aromatic heterocycles. The molecule has 0 spiro atoms. The summed E-state index contributed by atoms with van der Waals surface area (Å²) in [6, 6.07) is 13.9. The number of hydrogen-bond donors (Lipinski definition) is 3. The summed E-state index contributed by atoms with van der Waals surface area (Å²) in [5, 5.41) is 15.9. The number of aliphatic hydroxyl groups is 1. The smallest absolute Gasteiger partial charge is 0.319 e. The second-order valence-electron chi connectivity index (χ2n) is 5.01. The Balaban J connectivity index is 1.88. The highest BCUT2D eigenvalue weighted by Crippen LogP contribution is 2.21. The van der Waals surface area contributed by atoms with Crippen molar-refractivity contribution in [2.24, 2.45) is 0 Å². The summed E-state index contributed by atoms with van der Waals surface area (Å²) in [6.07, 6.45) is -0.866. The zero-order valence-corrected chi connectivity index (χ0v) is 13.5. The summed E-state index contributed by atoms with van der Waals surface area (Å²) in [6.45, 7) is 0.537. The zero-order chi connectivity index (χ0) is 16.7. The average Bonchev–Trinajstić information content (AvgIpc) is 2.54. The lowest BCUT2D eigenvalue weighted by Crippen LogP contribution is -2.32. The van der Waals surface area contributed by atoms with E-state index in [0.29, 0.717) is 22.9 Å². The van der Waals surface area contributed by atoms with Crippen LogP contribution in [0.1, 0.15) is 17.2 Å². The Labute approximate surface area is 140 Å². The molecule has 2 amide bonds. The minimum atomic E-state index is -0.866. The summed E-state index contributed by atoms with van der Waals surface area (Å²) in [5.74, 6) is 0. The summed E-state index contributed by atoms with van der Waals surface area (Å²) < 4.78 is 5.05. The normalized spacial score (nSPS) is 11.8. The van der Waals surface area contributed by atoms with Crippen LogP contribution in [0.2, 0.25) is 5.02 Å². The fourth-order valence-corrected chi connectivity index (χ4v) is 2.39. The molecule has 0 saturated heterocycles. The lowest BCUT2D eigenvalue weighted by molar-refractivity contribution is 0.175. The lowest BCUT2D eigenvalue weighted by Gasteiger charge is -2.14. The average molecular weight is 335 g/mol. The number of halogens is 1. The number of hydrogen-bond acceptors (Lipinski definition) is 3. The molecule has 2 rings (SSSR count). The van der Waals surface area contributed by atoms with Crippen LogP contribution in [0.3, 0.4) is 0 Å². The number of ether oxygens (including phenoxy) is 1. The number of aliphatic hydroxyl groups excluding tert-OH is 1. The minimum absolute atomic E-state index is 0.0628. The van der Waals surface area contributed by atoms with Crippen LogP contribution < -0.4 is 10.6 Å². The van der Waals surface area contributed by atoms with Gasteiger partial charge in [-0.05, 0) is 23.8 Å². The number of amides is 2. The number of carbonyl (C=O) groups is 1. The van der Waals surface area contributed by atoms with E-state index in [0.717, 1.165) is 5.56 Å². The van der Waals surface area contributed by atoms with E-state index in [4.69, 9.17) is 16.3 Å². The molecule has 6 heteroatoms. The molecule has 0 aliphatic carbocycles. The van der Waals surface area contributed by atoms with E-state index in [1.54, 1.807) is 37.4 Å². The fourth-order valence-electron chi connectivity index (χ4n) is 2.13. The zero-order valence-electron chi connectivity index (χ0n) is 12.8. The molecule has 0 bridgehead atoms. The van der Waals surface area contributed by atoms with E-state index in [2.05, 4.69) is 10.6 Å². The van der Waals surface area contributed by atoms with Gasteiger partial charge in [-0.25, -0.2) is 4.79 Å². The van der Waals surface area contributed by atoms with Gasteiger partial charge in [0.25, 0.3) is 0 Å². The summed E-state index contributed by atoms with van der Waals surface area (Å²) in [7, 11) is 1.61. The van der Waals surface area contributed by atoms with Crippen LogP contribution in [0.4, 0.5) is 10.5 Å². The quantitative estimate of drug-likeness (QED) is 0.758. The molecular formula is C17H19ClN2O3. The number of rotatable bonds is 6. The lowest BCUT2D eigenvalue weighted by atomic mass is 10.1. The van der Waals surface area contributed by atoms with Crippen molar-refractivity contribution >= 4 is 23.3 Å². The number of carbonyl (C=O) groups excluding carboxylic acids is 1. The summed E-state index contributed by atoms with van der Waals surface area (Å²) in [4.78, 5) is 11.9. The molecule has 1 unspecified atom stereocenters. The van der Waals surface area contributed by atoms with Crippen molar-refractivity contribution in [3.8, 4) is 0 Å². The van der Waals surface area contributed by atoms with Gasteiger partial charge in [0.15, 0.2) is 0 Å². The van der Waals surface area contributed by atoms with Crippen LogP contribution >= 0.6 is 11.6 Å². The summed E-state index contributed by atoms with van der Waals surface area (Å²) >= 11 is 6.01. The van der Waals surface area contributed by atoms with Gasteiger partial charge in [-0.3, -0.25) is 0 Å². The molecule has 3 N–H and O–H groups in total. The van der Waals surface area contributed by atoms with Crippen LogP contribution in [0.25, 0.3) is 0 Å². The van der Waals surface area contributed by atoms with Crippen LogP contribution in [0.5, 0.6) is 0 Å². The molecule has 0 saturated carbocycles. The number of nitrogens with one attached hydrogen (secondary N) is 2. The Morgan fingerprint density at radius 1 is 1.26 bits per heavy atom. The predicted molar refractivity (Wildman–Crippen MR) is 90.6 cm³/mol. The molecule has 1 atom stereocenters. The first-order valence-electron chi connectivity index (χ1n) is 7.15. The first-order chi connectivity index (χ1) is 11.1. The van der Waals surface area contributed by atoms with Crippen molar-refractivity contribution in [1.82, 2.24) is 5.32 Å². The Kier molecular flexibility index (Phi) is 6.40. The van der Waals surface area contributed by atoms with Gasteiger partial charge in [0, 0.05) is 29.9 Å². The standard InChI is InChI=1S/C17H19ClN2O3/c1-23-11-12-5-4-6-13(9-12)20-17(22)19-10-16(21)14-7-2-3-8-15(14)18/h2-9,16,21H,10-11H2,1H3,(H2,19,20,22). The third kappa shape index (κ3) is 5.25. The van der Waals surface area contributed by atoms with Gasteiger partial charge in [0.05, 0.1) is 12.7 Å². The number of methoxy groups -OCH3 is 1. The molecule has 23 heavy (non-hydrogen) atoms.